The molecule has 4 nitrogen and oxygen atoms in total. The van der Waals surface area contributed by atoms with Gasteiger partial charge in [0.05, 0.1) is 30.8 Å². The van der Waals surface area contributed by atoms with Gasteiger partial charge in [-0.25, -0.2) is 4.98 Å². The van der Waals surface area contributed by atoms with Gasteiger partial charge in [0.2, 0.25) is 0 Å². The van der Waals surface area contributed by atoms with E-state index in [1.165, 1.54) is 38.5 Å². The van der Waals surface area contributed by atoms with E-state index in [9.17, 15) is 0 Å². The van der Waals surface area contributed by atoms with Crippen LogP contribution < -0.4 is 5.32 Å². The zero-order chi connectivity index (χ0) is 12.6. The Morgan fingerprint density at radius 1 is 1.17 bits per heavy atom. The quantitative estimate of drug-likeness (QED) is 0.814. The predicted molar refractivity (Wildman–Crippen MR) is 72.5 cm³/mol. The minimum atomic E-state index is 0.419. The Labute approximate surface area is 109 Å². The van der Waals surface area contributed by atoms with Gasteiger partial charge in [0.15, 0.2) is 0 Å². The molecule has 0 aliphatic heterocycles. The zero-order valence-corrected chi connectivity index (χ0v) is 11.2. The van der Waals surface area contributed by atoms with Gasteiger partial charge in [0.25, 0.3) is 0 Å². The van der Waals surface area contributed by atoms with E-state index < -0.39 is 0 Å². The van der Waals surface area contributed by atoms with Crippen molar-refractivity contribution < 1.29 is 4.74 Å². The van der Waals surface area contributed by atoms with Gasteiger partial charge in [-0.2, -0.15) is 0 Å². The molecule has 1 heterocycles. The fourth-order valence-corrected chi connectivity index (χ4v) is 2.31. The highest BCUT2D eigenvalue weighted by atomic mass is 16.5. The molecule has 1 N–H and O–H groups in total. The molecule has 0 radical (unpaired) electrons. The van der Waals surface area contributed by atoms with Crippen molar-refractivity contribution in [2.24, 2.45) is 0 Å². The topological polar surface area (TPSA) is 47.0 Å². The summed E-state index contributed by atoms with van der Waals surface area (Å²) >= 11 is 0. The summed E-state index contributed by atoms with van der Waals surface area (Å²) < 4.78 is 5.93. The molecule has 1 fully saturated rings. The van der Waals surface area contributed by atoms with Crippen LogP contribution in [0, 0.1) is 0 Å². The van der Waals surface area contributed by atoms with Crippen molar-refractivity contribution in [3.8, 4) is 0 Å². The van der Waals surface area contributed by atoms with Crippen molar-refractivity contribution in [3.63, 3.8) is 0 Å². The third-order valence-electron chi connectivity index (χ3n) is 3.33. The second kappa shape index (κ2) is 7.31. The maximum atomic E-state index is 5.93. The highest BCUT2D eigenvalue weighted by molar-refractivity contribution is 5.30. The Bertz CT molecular complexity index is 331. The molecule has 2 rings (SSSR count). The van der Waals surface area contributed by atoms with Crippen molar-refractivity contribution in [1.29, 1.82) is 0 Å². The number of anilines is 1. The van der Waals surface area contributed by atoms with Gasteiger partial charge in [-0.05, 0) is 19.8 Å². The third-order valence-corrected chi connectivity index (χ3v) is 3.33. The number of rotatable bonds is 5. The Balaban J connectivity index is 1.78. The van der Waals surface area contributed by atoms with Crippen LogP contribution in [0.25, 0.3) is 0 Å². The van der Waals surface area contributed by atoms with Gasteiger partial charge in [-0.3, -0.25) is 4.98 Å². The first kappa shape index (κ1) is 13.3. The molecule has 1 aliphatic rings. The first-order valence-electron chi connectivity index (χ1n) is 7.05. The highest BCUT2D eigenvalue weighted by Crippen LogP contribution is 2.20. The van der Waals surface area contributed by atoms with Gasteiger partial charge < -0.3 is 10.1 Å². The van der Waals surface area contributed by atoms with Gasteiger partial charge in [-0.1, -0.05) is 25.7 Å². The van der Waals surface area contributed by atoms with Crippen LogP contribution in [0.5, 0.6) is 0 Å². The first-order chi connectivity index (χ1) is 8.88. The smallest absolute Gasteiger partial charge is 0.144 e. The van der Waals surface area contributed by atoms with E-state index in [4.69, 9.17) is 4.74 Å². The second-order valence-electron chi connectivity index (χ2n) is 4.85. The molecule has 0 aromatic carbocycles. The van der Waals surface area contributed by atoms with E-state index in [0.29, 0.717) is 12.7 Å². The van der Waals surface area contributed by atoms with Crippen LogP contribution in [-0.2, 0) is 11.3 Å². The summed E-state index contributed by atoms with van der Waals surface area (Å²) in [6, 6.07) is 0. The molecule has 18 heavy (non-hydrogen) atoms. The fourth-order valence-electron chi connectivity index (χ4n) is 2.31. The van der Waals surface area contributed by atoms with Crippen molar-refractivity contribution in [3.05, 3.63) is 18.1 Å². The summed E-state index contributed by atoms with van der Waals surface area (Å²) in [5, 5.41) is 3.13. The minimum Gasteiger partial charge on any atom is -0.372 e. The first-order valence-corrected chi connectivity index (χ1v) is 7.05. The lowest BCUT2D eigenvalue weighted by Crippen LogP contribution is -2.12. The van der Waals surface area contributed by atoms with Gasteiger partial charge in [0, 0.05) is 6.54 Å². The number of hydrogen-bond acceptors (Lipinski definition) is 4. The highest BCUT2D eigenvalue weighted by Gasteiger charge is 2.12. The van der Waals surface area contributed by atoms with E-state index in [2.05, 4.69) is 15.3 Å². The van der Waals surface area contributed by atoms with Crippen LogP contribution in [0.2, 0.25) is 0 Å². The van der Waals surface area contributed by atoms with Crippen molar-refractivity contribution in [2.45, 2.75) is 58.2 Å². The molecule has 0 saturated heterocycles. The van der Waals surface area contributed by atoms with E-state index in [1.807, 2.05) is 6.92 Å². The van der Waals surface area contributed by atoms with E-state index in [-0.39, 0.29) is 0 Å². The Kier molecular flexibility index (Phi) is 5.39. The van der Waals surface area contributed by atoms with Crippen molar-refractivity contribution in [2.75, 3.05) is 11.9 Å². The fraction of sp³-hybridized carbons (Fsp3) is 0.714. The SMILES string of the molecule is CCNc1cnc(COC2CCCCCC2)cn1. The Morgan fingerprint density at radius 2 is 1.94 bits per heavy atom. The summed E-state index contributed by atoms with van der Waals surface area (Å²) in [5.41, 5.74) is 0.918. The van der Waals surface area contributed by atoms with E-state index >= 15 is 0 Å². The number of hydrogen-bond donors (Lipinski definition) is 1. The second-order valence-corrected chi connectivity index (χ2v) is 4.85. The van der Waals surface area contributed by atoms with Crippen LogP contribution in [0.1, 0.15) is 51.1 Å². The van der Waals surface area contributed by atoms with E-state index in [1.54, 1.807) is 12.4 Å². The summed E-state index contributed by atoms with van der Waals surface area (Å²) in [6.45, 7) is 3.50. The molecule has 0 bridgehead atoms. The predicted octanol–water partition coefficient (Wildman–Crippen LogP) is 3.15. The minimum absolute atomic E-state index is 0.419. The number of aromatic nitrogens is 2. The summed E-state index contributed by atoms with van der Waals surface area (Å²) in [7, 11) is 0. The maximum absolute atomic E-state index is 5.93. The average molecular weight is 249 g/mol. The molecule has 0 unspecified atom stereocenters. The molecule has 1 aliphatic carbocycles. The molecule has 100 valence electrons. The monoisotopic (exact) mass is 249 g/mol. The number of nitrogens with one attached hydrogen (secondary N) is 1. The molecular weight excluding hydrogens is 226 g/mol. The number of ether oxygens (including phenoxy) is 1. The van der Waals surface area contributed by atoms with Crippen molar-refractivity contribution >= 4 is 5.82 Å². The summed E-state index contributed by atoms with van der Waals surface area (Å²) in [5.74, 6) is 0.829. The molecule has 0 amide bonds. The molecule has 0 spiro atoms. The van der Waals surface area contributed by atoms with Crippen LogP contribution in [0.3, 0.4) is 0 Å². The third kappa shape index (κ3) is 4.26. The Hall–Kier alpha value is -1.16. The van der Waals surface area contributed by atoms with Crippen LogP contribution in [0.15, 0.2) is 12.4 Å². The molecule has 4 heteroatoms. The molecular formula is C14H23N3O. The largest absolute Gasteiger partial charge is 0.372 e. The van der Waals surface area contributed by atoms with E-state index in [0.717, 1.165) is 18.1 Å². The molecule has 1 aromatic rings. The average Bonchev–Trinajstić information content (AvgIpc) is 2.67. The maximum Gasteiger partial charge on any atom is 0.144 e. The molecule has 1 saturated carbocycles. The standard InChI is InChI=1S/C14H23N3O/c1-2-15-14-10-16-12(9-17-14)11-18-13-7-5-3-4-6-8-13/h9-10,13H,2-8,11H2,1H3,(H,15,17). The lowest BCUT2D eigenvalue weighted by molar-refractivity contribution is 0.0291. The lowest BCUT2D eigenvalue weighted by Gasteiger charge is -2.14. The Morgan fingerprint density at radius 3 is 2.56 bits per heavy atom. The zero-order valence-electron chi connectivity index (χ0n) is 11.2. The lowest BCUT2D eigenvalue weighted by atomic mass is 10.1. The van der Waals surface area contributed by atoms with Gasteiger partial charge >= 0.3 is 0 Å². The van der Waals surface area contributed by atoms with Crippen LogP contribution >= 0.6 is 0 Å². The van der Waals surface area contributed by atoms with Crippen molar-refractivity contribution in [1.82, 2.24) is 9.97 Å². The molecule has 0 atom stereocenters. The summed E-state index contributed by atoms with van der Waals surface area (Å²) in [6.07, 6.45) is 11.7. The van der Waals surface area contributed by atoms with Gasteiger partial charge in [0.1, 0.15) is 5.82 Å². The van der Waals surface area contributed by atoms with Crippen LogP contribution in [-0.4, -0.2) is 22.6 Å². The van der Waals surface area contributed by atoms with Crippen LogP contribution in [0.4, 0.5) is 5.82 Å². The summed E-state index contributed by atoms with van der Waals surface area (Å²) in [4.78, 5) is 8.65. The van der Waals surface area contributed by atoms with Gasteiger partial charge in [-0.15, -0.1) is 0 Å². The normalized spacial score (nSPS) is 17.4. The molecule has 1 aromatic heterocycles. The number of nitrogens with zero attached hydrogens (tertiary/aromatic N) is 2.